The molecule has 218 valence electrons. The molecule has 15 heteroatoms. The zero-order chi connectivity index (χ0) is 29.3. The van der Waals surface area contributed by atoms with Gasteiger partial charge in [-0.2, -0.15) is 9.40 Å². The smallest absolute Gasteiger partial charge is 0.258 e. The zero-order valence-corrected chi connectivity index (χ0v) is 23.1. The van der Waals surface area contributed by atoms with Crippen molar-refractivity contribution in [2.75, 3.05) is 61.8 Å². The molecule has 1 saturated heterocycles. The van der Waals surface area contributed by atoms with Crippen LogP contribution in [0.4, 0.5) is 26.0 Å². The fourth-order valence-corrected chi connectivity index (χ4v) is 6.33. The number of likely N-dealkylation sites (N-methyl/N-ethyl adjacent to an activating group) is 1. The highest BCUT2D eigenvalue weighted by Gasteiger charge is 2.32. The Morgan fingerprint density at radius 2 is 1.73 bits per heavy atom. The van der Waals surface area contributed by atoms with E-state index in [1.54, 1.807) is 18.2 Å². The number of aromatic nitrogens is 2. The zero-order valence-electron chi connectivity index (χ0n) is 22.3. The molecule has 0 spiro atoms. The monoisotopic (exact) mass is 588 g/mol. The van der Waals surface area contributed by atoms with Gasteiger partial charge in [0, 0.05) is 68.7 Å². The second kappa shape index (κ2) is 11.5. The van der Waals surface area contributed by atoms with Crippen molar-refractivity contribution >= 4 is 39.0 Å². The van der Waals surface area contributed by atoms with Crippen LogP contribution in [0, 0.1) is 11.6 Å². The van der Waals surface area contributed by atoms with Gasteiger partial charge in [-0.15, -0.1) is 0 Å². The number of fused-ring (bicyclic) bond motifs is 1. The fraction of sp³-hybridized carbons (Fsp3) is 0.346. The molecule has 2 aromatic carbocycles. The predicted octanol–water partition coefficient (Wildman–Crippen LogP) is 1.34. The summed E-state index contributed by atoms with van der Waals surface area (Å²) in [5.74, 6) is -2.96. The molecule has 41 heavy (non-hydrogen) atoms. The molecule has 3 aromatic rings. The van der Waals surface area contributed by atoms with Gasteiger partial charge in [-0.25, -0.2) is 17.2 Å². The second-order valence-electron chi connectivity index (χ2n) is 9.95. The van der Waals surface area contributed by atoms with Crippen LogP contribution in [0.1, 0.15) is 21.6 Å². The first-order chi connectivity index (χ1) is 19.5. The number of piperazine rings is 1. The minimum absolute atomic E-state index is 0.0477. The van der Waals surface area contributed by atoms with Crippen molar-refractivity contribution in [2.24, 2.45) is 5.73 Å². The molecule has 0 bridgehead atoms. The van der Waals surface area contributed by atoms with Gasteiger partial charge in [0.2, 0.25) is 15.9 Å². The van der Waals surface area contributed by atoms with E-state index in [4.69, 9.17) is 5.73 Å². The Bertz CT molecular complexity index is 1570. The molecule has 0 atom stereocenters. The van der Waals surface area contributed by atoms with Gasteiger partial charge in [0.15, 0.2) is 5.82 Å². The van der Waals surface area contributed by atoms with Gasteiger partial charge in [-0.3, -0.25) is 14.7 Å². The molecule has 5 rings (SSSR count). The van der Waals surface area contributed by atoms with E-state index < -0.39 is 38.4 Å². The number of nitrogens with zero attached hydrogens (tertiary/aromatic N) is 4. The highest BCUT2D eigenvalue weighted by atomic mass is 32.2. The number of sulfonamides is 1. The van der Waals surface area contributed by atoms with Gasteiger partial charge in [0.1, 0.15) is 11.6 Å². The second-order valence-corrected chi connectivity index (χ2v) is 11.9. The summed E-state index contributed by atoms with van der Waals surface area (Å²) in [4.78, 5) is 29.4. The van der Waals surface area contributed by atoms with E-state index in [1.807, 2.05) is 7.05 Å². The average Bonchev–Trinajstić information content (AvgIpc) is 3.34. The number of H-pyrrole nitrogens is 1. The number of carbonyl (C=O) groups is 2. The van der Waals surface area contributed by atoms with E-state index in [2.05, 4.69) is 30.6 Å². The van der Waals surface area contributed by atoms with Crippen LogP contribution in [0.3, 0.4) is 0 Å². The summed E-state index contributed by atoms with van der Waals surface area (Å²) < 4.78 is 54.9. The van der Waals surface area contributed by atoms with Crippen LogP contribution >= 0.6 is 0 Å². The number of hydrogen-bond acceptors (Lipinski definition) is 8. The van der Waals surface area contributed by atoms with Crippen LogP contribution in [0.25, 0.3) is 0 Å². The largest absolute Gasteiger partial charge is 0.369 e. The fourth-order valence-electron chi connectivity index (χ4n) is 4.88. The molecule has 2 aliphatic heterocycles. The third kappa shape index (κ3) is 6.07. The van der Waals surface area contributed by atoms with Crippen LogP contribution in [0.15, 0.2) is 41.3 Å². The molecular weight excluding hydrogens is 558 g/mol. The Morgan fingerprint density at radius 3 is 2.41 bits per heavy atom. The third-order valence-corrected chi connectivity index (χ3v) is 9.00. The van der Waals surface area contributed by atoms with Gasteiger partial charge in [0.25, 0.3) is 5.91 Å². The molecular formula is C26H30F2N8O4S. The van der Waals surface area contributed by atoms with Gasteiger partial charge in [-0.1, -0.05) is 0 Å². The van der Waals surface area contributed by atoms with E-state index >= 15 is 0 Å². The third-order valence-electron chi connectivity index (χ3n) is 7.18. The highest BCUT2D eigenvalue weighted by molar-refractivity contribution is 7.89. The van der Waals surface area contributed by atoms with Gasteiger partial charge in [0.05, 0.1) is 22.7 Å². The summed E-state index contributed by atoms with van der Waals surface area (Å²) in [6.07, 6.45) is 0.243. The normalized spacial score (nSPS) is 16.3. The summed E-state index contributed by atoms with van der Waals surface area (Å²) in [5.41, 5.74) is 7.82. The van der Waals surface area contributed by atoms with E-state index in [1.165, 1.54) is 0 Å². The predicted molar refractivity (Wildman–Crippen MR) is 148 cm³/mol. The van der Waals surface area contributed by atoms with Gasteiger partial charge < -0.3 is 26.2 Å². The van der Waals surface area contributed by atoms with Crippen molar-refractivity contribution in [2.45, 2.75) is 17.9 Å². The molecule has 0 saturated carbocycles. The van der Waals surface area contributed by atoms with Crippen LogP contribution in [0.5, 0.6) is 0 Å². The summed E-state index contributed by atoms with van der Waals surface area (Å²) >= 11 is 0. The lowest BCUT2D eigenvalue weighted by molar-refractivity contribution is -0.114. The number of nitrogens with two attached hydrogens (primary N) is 1. The van der Waals surface area contributed by atoms with Crippen LogP contribution < -0.4 is 21.3 Å². The van der Waals surface area contributed by atoms with E-state index in [0.717, 1.165) is 48.3 Å². The molecule has 1 aromatic heterocycles. The SMILES string of the molecule is CN1CCN(c2ccc(C(=O)Nc3n[nH]c4c3CN(S(=O)(=O)c3cc(F)cc(F)c3)CC4)c(NC(=O)CN)c2)CC1. The molecule has 0 unspecified atom stereocenters. The lowest BCUT2D eigenvalue weighted by Gasteiger charge is -2.34. The molecule has 1 fully saturated rings. The van der Waals surface area contributed by atoms with Crippen molar-refractivity contribution < 1.29 is 26.8 Å². The van der Waals surface area contributed by atoms with Gasteiger partial charge >= 0.3 is 0 Å². The first-order valence-corrected chi connectivity index (χ1v) is 14.4. The van der Waals surface area contributed by atoms with E-state index in [0.29, 0.717) is 17.3 Å². The standard InChI is InChI=1S/C26H30F2N8O4S/c1-34-6-8-35(9-7-34)18-2-3-20(23(13-18)30-24(37)14-29)26(38)31-25-21-15-36(5-4-22(21)32-33-25)41(39,40)19-11-16(27)10-17(28)12-19/h2-3,10-13H,4-9,14-15,29H2,1H3,(H,30,37)(H2,31,32,33,38). The number of halogens is 2. The number of aromatic amines is 1. The van der Waals surface area contributed by atoms with E-state index in [9.17, 15) is 26.8 Å². The Hall–Kier alpha value is -3.92. The number of carbonyl (C=O) groups excluding carboxylic acids is 2. The van der Waals surface area contributed by atoms with Crippen molar-refractivity contribution in [3.8, 4) is 0 Å². The summed E-state index contributed by atoms with van der Waals surface area (Å²) in [6.45, 7) is 2.91. The quantitative estimate of drug-likeness (QED) is 0.322. The number of rotatable bonds is 7. The average molecular weight is 589 g/mol. The van der Waals surface area contributed by atoms with E-state index in [-0.39, 0.29) is 43.1 Å². The Morgan fingerprint density at radius 1 is 1.02 bits per heavy atom. The first kappa shape index (κ1) is 28.6. The number of hydrogen-bond donors (Lipinski definition) is 4. The minimum Gasteiger partial charge on any atom is -0.369 e. The van der Waals surface area contributed by atoms with Crippen molar-refractivity contribution in [3.05, 3.63) is 64.9 Å². The molecule has 2 amide bonds. The minimum atomic E-state index is -4.24. The Labute approximate surface area is 235 Å². The first-order valence-electron chi connectivity index (χ1n) is 13.0. The molecule has 5 N–H and O–H groups in total. The Kier molecular flexibility index (Phi) is 8.04. The molecule has 2 aliphatic rings. The maximum absolute atomic E-state index is 13.7. The van der Waals surface area contributed by atoms with Crippen LogP contribution in [0.2, 0.25) is 0 Å². The topological polar surface area (TPSA) is 157 Å². The molecule has 12 nitrogen and oxygen atoms in total. The Balaban J connectivity index is 1.38. The highest BCUT2D eigenvalue weighted by Crippen LogP contribution is 2.30. The van der Waals surface area contributed by atoms with Gasteiger partial charge in [-0.05, 0) is 37.4 Å². The summed E-state index contributed by atoms with van der Waals surface area (Å²) in [5, 5.41) is 12.4. The maximum atomic E-state index is 13.7. The van der Waals surface area contributed by atoms with Crippen LogP contribution in [-0.4, -0.2) is 86.0 Å². The molecule has 0 aliphatic carbocycles. The van der Waals surface area contributed by atoms with Crippen molar-refractivity contribution in [1.82, 2.24) is 19.4 Å². The number of amides is 2. The number of benzene rings is 2. The van der Waals surface area contributed by atoms with Crippen molar-refractivity contribution in [1.29, 1.82) is 0 Å². The summed E-state index contributed by atoms with van der Waals surface area (Å²) in [7, 11) is -2.19. The lowest BCUT2D eigenvalue weighted by atomic mass is 10.1. The molecule has 3 heterocycles. The number of nitrogens with one attached hydrogen (secondary N) is 3. The molecule has 0 radical (unpaired) electrons. The lowest BCUT2D eigenvalue weighted by Crippen LogP contribution is -2.44. The maximum Gasteiger partial charge on any atom is 0.258 e. The summed E-state index contributed by atoms with van der Waals surface area (Å²) in [6, 6.07) is 7.23. The van der Waals surface area contributed by atoms with Crippen LogP contribution in [-0.2, 0) is 27.8 Å². The number of anilines is 3. The van der Waals surface area contributed by atoms with Crippen molar-refractivity contribution in [3.63, 3.8) is 0 Å².